The van der Waals surface area contributed by atoms with E-state index in [-0.39, 0.29) is 5.91 Å². The zero-order valence-electron chi connectivity index (χ0n) is 11.4. The first-order valence-electron chi connectivity index (χ1n) is 6.66. The summed E-state index contributed by atoms with van der Waals surface area (Å²) in [5.74, 6) is 0.156. The van der Waals surface area contributed by atoms with Gasteiger partial charge in [0.25, 0.3) is 0 Å². The molecule has 0 bridgehead atoms. The predicted octanol–water partition coefficient (Wildman–Crippen LogP) is 1.78. The highest BCUT2D eigenvalue weighted by molar-refractivity contribution is 6.29. The summed E-state index contributed by atoms with van der Waals surface area (Å²) < 4.78 is 4.89. The first-order valence-corrected chi connectivity index (χ1v) is 7.04. The highest BCUT2D eigenvalue weighted by Gasteiger charge is 2.22. The smallest absolute Gasteiger partial charge is 0.229 e. The molecule has 6 heteroatoms. The van der Waals surface area contributed by atoms with Crippen LogP contribution in [0.5, 0.6) is 0 Å². The lowest BCUT2D eigenvalue weighted by Crippen LogP contribution is -2.44. The van der Waals surface area contributed by atoms with E-state index in [9.17, 15) is 4.79 Å². The van der Waals surface area contributed by atoms with Crippen LogP contribution in [0.4, 0.5) is 0 Å². The van der Waals surface area contributed by atoms with Gasteiger partial charge in [-0.15, -0.1) is 0 Å². The van der Waals surface area contributed by atoms with Crippen LogP contribution in [0.1, 0.15) is 30.5 Å². The van der Waals surface area contributed by atoms with Crippen LogP contribution in [0.15, 0.2) is 4.52 Å². The summed E-state index contributed by atoms with van der Waals surface area (Å²) in [6.07, 6.45) is 3.08. The lowest BCUT2D eigenvalue weighted by molar-refractivity contribution is -0.132. The molecule has 1 amide bonds. The van der Waals surface area contributed by atoms with Crippen LogP contribution >= 0.6 is 11.6 Å². The molecule has 1 aromatic heterocycles. The van der Waals surface area contributed by atoms with Gasteiger partial charge in [-0.05, 0) is 50.9 Å². The van der Waals surface area contributed by atoms with Crippen molar-refractivity contribution in [3.8, 4) is 0 Å². The number of aromatic nitrogens is 1. The second-order valence-electron chi connectivity index (χ2n) is 5.01. The first-order chi connectivity index (χ1) is 9.09. The van der Waals surface area contributed by atoms with Gasteiger partial charge < -0.3 is 14.7 Å². The topological polar surface area (TPSA) is 58.4 Å². The molecule has 1 saturated heterocycles. The molecule has 0 aliphatic carbocycles. The molecule has 0 aromatic carbocycles. The minimum atomic E-state index is 0.156. The normalized spacial score (nSPS) is 16.6. The van der Waals surface area contributed by atoms with Crippen LogP contribution in [0, 0.1) is 6.92 Å². The average molecular weight is 286 g/mol. The van der Waals surface area contributed by atoms with Crippen LogP contribution in [0.25, 0.3) is 0 Å². The number of nitrogens with one attached hydrogen (secondary N) is 1. The van der Waals surface area contributed by atoms with E-state index in [1.165, 1.54) is 0 Å². The fourth-order valence-corrected chi connectivity index (χ4v) is 2.71. The van der Waals surface area contributed by atoms with Gasteiger partial charge in [0.2, 0.25) is 11.1 Å². The molecule has 0 spiro atoms. The van der Waals surface area contributed by atoms with Gasteiger partial charge in [0.05, 0.1) is 5.69 Å². The standard InChI is InChI=1S/C13H20ClN3O2/c1-9-11(13(14)19-16-9)3-4-12(18)17(2)10-5-7-15-8-6-10/h10,15H,3-8H2,1-2H3. The number of hydrogen-bond acceptors (Lipinski definition) is 4. The quantitative estimate of drug-likeness (QED) is 0.916. The van der Waals surface area contributed by atoms with E-state index in [1.54, 1.807) is 0 Å². The van der Waals surface area contributed by atoms with E-state index in [0.717, 1.165) is 37.2 Å². The van der Waals surface area contributed by atoms with Crippen LogP contribution in [-0.2, 0) is 11.2 Å². The average Bonchev–Trinajstić information content (AvgIpc) is 2.75. The fourth-order valence-electron chi connectivity index (χ4n) is 2.45. The van der Waals surface area contributed by atoms with Gasteiger partial charge in [-0.3, -0.25) is 4.79 Å². The molecule has 1 aliphatic rings. The van der Waals surface area contributed by atoms with Crippen molar-refractivity contribution < 1.29 is 9.32 Å². The molecule has 1 N–H and O–H groups in total. The van der Waals surface area contributed by atoms with Gasteiger partial charge >= 0.3 is 0 Å². The van der Waals surface area contributed by atoms with Gasteiger partial charge in [0.1, 0.15) is 0 Å². The van der Waals surface area contributed by atoms with Crippen molar-refractivity contribution in [3.63, 3.8) is 0 Å². The summed E-state index contributed by atoms with van der Waals surface area (Å²) in [7, 11) is 1.89. The van der Waals surface area contributed by atoms with Crippen molar-refractivity contribution in [2.45, 2.75) is 38.6 Å². The van der Waals surface area contributed by atoms with Crippen LogP contribution < -0.4 is 5.32 Å². The predicted molar refractivity (Wildman–Crippen MR) is 73.2 cm³/mol. The monoisotopic (exact) mass is 285 g/mol. The molecule has 0 atom stereocenters. The zero-order chi connectivity index (χ0) is 13.8. The molecule has 1 aliphatic heterocycles. The summed E-state index contributed by atoms with van der Waals surface area (Å²) in [4.78, 5) is 14.0. The zero-order valence-corrected chi connectivity index (χ0v) is 12.2. The molecular formula is C13H20ClN3O2. The Morgan fingerprint density at radius 2 is 2.21 bits per heavy atom. The third-order valence-corrected chi connectivity index (χ3v) is 4.07. The van der Waals surface area contributed by atoms with Crippen LogP contribution in [0.3, 0.4) is 0 Å². The Balaban J connectivity index is 1.87. The van der Waals surface area contributed by atoms with E-state index in [0.29, 0.717) is 24.1 Å². The molecule has 1 fully saturated rings. The van der Waals surface area contributed by atoms with Crippen molar-refractivity contribution in [3.05, 3.63) is 16.5 Å². The summed E-state index contributed by atoms with van der Waals surface area (Å²) in [5.41, 5.74) is 1.61. The number of halogens is 1. The van der Waals surface area contributed by atoms with Crippen molar-refractivity contribution in [1.82, 2.24) is 15.4 Å². The van der Waals surface area contributed by atoms with Crippen molar-refractivity contribution >= 4 is 17.5 Å². The van der Waals surface area contributed by atoms with E-state index in [1.807, 2.05) is 18.9 Å². The van der Waals surface area contributed by atoms with Gasteiger partial charge in [-0.25, -0.2) is 0 Å². The number of rotatable bonds is 4. The molecule has 0 radical (unpaired) electrons. The molecule has 1 aromatic rings. The molecule has 2 rings (SSSR count). The van der Waals surface area contributed by atoms with Crippen LogP contribution in [-0.4, -0.2) is 42.1 Å². The first kappa shape index (κ1) is 14.3. The van der Waals surface area contributed by atoms with Crippen molar-refractivity contribution in [2.24, 2.45) is 0 Å². The Bertz CT molecular complexity index is 422. The third kappa shape index (κ3) is 3.48. The van der Waals surface area contributed by atoms with E-state index in [4.69, 9.17) is 16.1 Å². The van der Waals surface area contributed by atoms with E-state index >= 15 is 0 Å². The molecule has 19 heavy (non-hydrogen) atoms. The lowest BCUT2D eigenvalue weighted by atomic mass is 10.0. The maximum atomic E-state index is 12.2. The maximum absolute atomic E-state index is 12.2. The number of aryl methyl sites for hydroxylation is 1. The van der Waals surface area contributed by atoms with E-state index < -0.39 is 0 Å². The Morgan fingerprint density at radius 1 is 1.53 bits per heavy atom. The Labute approximate surface area is 118 Å². The Morgan fingerprint density at radius 3 is 2.79 bits per heavy atom. The number of carbonyl (C=O) groups is 1. The number of hydrogen-bond donors (Lipinski definition) is 1. The number of carbonyl (C=O) groups excluding carboxylic acids is 1. The largest absolute Gasteiger partial charge is 0.344 e. The lowest BCUT2D eigenvalue weighted by Gasteiger charge is -2.31. The van der Waals surface area contributed by atoms with Gasteiger partial charge in [-0.2, -0.15) is 0 Å². The Kier molecular flexibility index (Phi) is 4.82. The highest BCUT2D eigenvalue weighted by Crippen LogP contribution is 2.21. The molecule has 0 unspecified atom stereocenters. The minimum Gasteiger partial charge on any atom is -0.344 e. The number of piperidine rings is 1. The van der Waals surface area contributed by atoms with Gasteiger partial charge in [-0.1, -0.05) is 5.16 Å². The molecule has 0 saturated carbocycles. The second-order valence-corrected chi connectivity index (χ2v) is 5.35. The van der Waals surface area contributed by atoms with Gasteiger partial charge in [0, 0.05) is 25.1 Å². The van der Waals surface area contributed by atoms with Crippen LogP contribution in [0.2, 0.25) is 5.22 Å². The molecule has 106 valence electrons. The molecular weight excluding hydrogens is 266 g/mol. The minimum absolute atomic E-state index is 0.156. The fraction of sp³-hybridized carbons (Fsp3) is 0.692. The second kappa shape index (κ2) is 6.39. The van der Waals surface area contributed by atoms with Crippen molar-refractivity contribution in [2.75, 3.05) is 20.1 Å². The Hall–Kier alpha value is -1.07. The molecule has 5 nitrogen and oxygen atoms in total. The van der Waals surface area contributed by atoms with Crippen molar-refractivity contribution in [1.29, 1.82) is 0 Å². The van der Waals surface area contributed by atoms with E-state index in [2.05, 4.69) is 10.5 Å². The summed E-state index contributed by atoms with van der Waals surface area (Å²) >= 11 is 5.89. The number of amides is 1. The summed E-state index contributed by atoms with van der Waals surface area (Å²) in [6.45, 7) is 3.81. The SMILES string of the molecule is Cc1noc(Cl)c1CCC(=O)N(C)C1CCNCC1. The highest BCUT2D eigenvalue weighted by atomic mass is 35.5. The summed E-state index contributed by atoms with van der Waals surface area (Å²) in [6, 6.07) is 0.354. The van der Waals surface area contributed by atoms with Gasteiger partial charge in [0.15, 0.2) is 0 Å². The summed E-state index contributed by atoms with van der Waals surface area (Å²) in [5, 5.41) is 7.39. The number of nitrogens with zero attached hydrogens (tertiary/aromatic N) is 2. The molecule has 2 heterocycles. The maximum Gasteiger partial charge on any atom is 0.229 e. The third-order valence-electron chi connectivity index (χ3n) is 3.78.